The molecular formula is C19H27N3O4S. The molecule has 7 nitrogen and oxygen atoms in total. The second-order valence-corrected chi connectivity index (χ2v) is 8.73. The van der Waals surface area contributed by atoms with E-state index in [0.29, 0.717) is 29.5 Å². The van der Waals surface area contributed by atoms with E-state index in [0.717, 1.165) is 38.4 Å². The zero-order valence-electron chi connectivity index (χ0n) is 16.1. The molecule has 3 rings (SSSR count). The van der Waals surface area contributed by atoms with Crippen LogP contribution in [-0.2, 0) is 14.8 Å². The van der Waals surface area contributed by atoms with Crippen molar-refractivity contribution in [1.29, 1.82) is 0 Å². The van der Waals surface area contributed by atoms with Crippen LogP contribution in [0, 0.1) is 13.8 Å². The molecule has 1 aliphatic rings. The van der Waals surface area contributed by atoms with Crippen molar-refractivity contribution < 1.29 is 17.7 Å². The quantitative estimate of drug-likeness (QED) is 0.777. The molecule has 8 heteroatoms. The zero-order valence-corrected chi connectivity index (χ0v) is 16.9. The third-order valence-corrected chi connectivity index (χ3v) is 6.52. The standard InChI is InChI=1S/C19H27N3O4S/c1-14-4-5-17(18-12-15(2)21-26-18)13-19(14)27(23,24)20-7-6-16(3)22-8-10-25-11-9-22/h4-5,12-13,16,20H,6-11H2,1-3H3/t16-/m0/s1. The lowest BCUT2D eigenvalue weighted by molar-refractivity contribution is 0.0190. The molecule has 148 valence electrons. The minimum absolute atomic E-state index is 0.271. The molecule has 2 aromatic rings. The molecule has 1 N–H and O–H groups in total. The van der Waals surface area contributed by atoms with E-state index in [2.05, 4.69) is 21.7 Å². The van der Waals surface area contributed by atoms with E-state index in [-0.39, 0.29) is 4.90 Å². The highest BCUT2D eigenvalue weighted by atomic mass is 32.2. The number of ether oxygens (including phenoxy) is 1. The molecule has 0 bridgehead atoms. The first kappa shape index (κ1) is 20.0. The monoisotopic (exact) mass is 393 g/mol. The summed E-state index contributed by atoms with van der Waals surface area (Å²) in [5.74, 6) is 0.560. The smallest absolute Gasteiger partial charge is 0.240 e. The lowest BCUT2D eigenvalue weighted by Crippen LogP contribution is -2.43. The van der Waals surface area contributed by atoms with Gasteiger partial charge in [0.25, 0.3) is 0 Å². The highest BCUT2D eigenvalue weighted by Crippen LogP contribution is 2.25. The first-order valence-corrected chi connectivity index (χ1v) is 10.7. The second-order valence-electron chi connectivity index (χ2n) is 7.00. The molecule has 0 aliphatic carbocycles. The van der Waals surface area contributed by atoms with Gasteiger partial charge in [0.1, 0.15) is 0 Å². The van der Waals surface area contributed by atoms with Gasteiger partial charge in [-0.15, -0.1) is 0 Å². The first-order valence-electron chi connectivity index (χ1n) is 9.22. The van der Waals surface area contributed by atoms with Gasteiger partial charge in [0, 0.05) is 37.3 Å². The van der Waals surface area contributed by atoms with Crippen molar-refractivity contribution in [3.63, 3.8) is 0 Å². The Bertz CT molecular complexity index is 873. The van der Waals surface area contributed by atoms with Crippen LogP contribution >= 0.6 is 0 Å². The average molecular weight is 394 g/mol. The van der Waals surface area contributed by atoms with E-state index in [1.54, 1.807) is 25.1 Å². The van der Waals surface area contributed by atoms with Crippen LogP contribution in [0.5, 0.6) is 0 Å². The number of benzene rings is 1. The van der Waals surface area contributed by atoms with Gasteiger partial charge in [0.15, 0.2) is 5.76 Å². The fourth-order valence-electron chi connectivity index (χ4n) is 3.22. The lowest BCUT2D eigenvalue weighted by Gasteiger charge is -2.32. The van der Waals surface area contributed by atoms with Gasteiger partial charge in [-0.05, 0) is 38.8 Å². The third-order valence-electron chi connectivity index (χ3n) is 4.91. The van der Waals surface area contributed by atoms with Gasteiger partial charge in [0.05, 0.1) is 23.8 Å². The summed E-state index contributed by atoms with van der Waals surface area (Å²) >= 11 is 0. The summed E-state index contributed by atoms with van der Waals surface area (Å²) in [6.07, 6.45) is 0.749. The summed E-state index contributed by atoms with van der Waals surface area (Å²) in [4.78, 5) is 2.60. The number of aromatic nitrogens is 1. The zero-order chi connectivity index (χ0) is 19.4. The Labute approximate surface area is 160 Å². The molecule has 0 saturated carbocycles. The van der Waals surface area contributed by atoms with E-state index >= 15 is 0 Å². The van der Waals surface area contributed by atoms with Gasteiger partial charge < -0.3 is 9.26 Å². The van der Waals surface area contributed by atoms with Gasteiger partial charge in [-0.2, -0.15) is 0 Å². The summed E-state index contributed by atoms with van der Waals surface area (Å²) in [5, 5.41) is 3.87. The maximum atomic E-state index is 12.8. The van der Waals surface area contributed by atoms with Crippen molar-refractivity contribution in [2.45, 2.75) is 38.1 Å². The molecule has 27 heavy (non-hydrogen) atoms. The Kier molecular flexibility index (Phi) is 6.31. The number of nitrogens with one attached hydrogen (secondary N) is 1. The second kappa shape index (κ2) is 8.52. The molecule has 0 radical (unpaired) electrons. The van der Waals surface area contributed by atoms with E-state index in [1.807, 2.05) is 13.0 Å². The number of hydrogen-bond donors (Lipinski definition) is 1. The number of nitrogens with zero attached hydrogens (tertiary/aromatic N) is 2. The van der Waals surface area contributed by atoms with Gasteiger partial charge in [0.2, 0.25) is 10.0 Å². The predicted molar refractivity (Wildman–Crippen MR) is 103 cm³/mol. The van der Waals surface area contributed by atoms with Crippen molar-refractivity contribution in [3.05, 3.63) is 35.5 Å². The molecule has 0 amide bonds. The Hall–Kier alpha value is -1.74. The third kappa shape index (κ3) is 4.95. The van der Waals surface area contributed by atoms with E-state index < -0.39 is 10.0 Å². The average Bonchev–Trinajstić information content (AvgIpc) is 3.09. The number of hydrogen-bond acceptors (Lipinski definition) is 6. The first-order chi connectivity index (χ1) is 12.9. The van der Waals surface area contributed by atoms with Crippen molar-refractivity contribution in [2.75, 3.05) is 32.8 Å². The molecule has 0 unspecified atom stereocenters. The van der Waals surface area contributed by atoms with Crippen LogP contribution in [0.15, 0.2) is 33.7 Å². The number of rotatable bonds is 7. The van der Waals surface area contributed by atoms with Gasteiger partial charge >= 0.3 is 0 Å². The fraction of sp³-hybridized carbons (Fsp3) is 0.526. The van der Waals surface area contributed by atoms with Gasteiger partial charge in [-0.3, -0.25) is 4.90 Å². The summed E-state index contributed by atoms with van der Waals surface area (Å²) in [6.45, 7) is 9.41. The summed E-state index contributed by atoms with van der Waals surface area (Å²) in [6, 6.07) is 7.37. The van der Waals surface area contributed by atoms with Crippen molar-refractivity contribution >= 4 is 10.0 Å². The van der Waals surface area contributed by atoms with E-state index in [9.17, 15) is 8.42 Å². The number of morpholine rings is 1. The highest BCUT2D eigenvalue weighted by Gasteiger charge is 2.21. The van der Waals surface area contributed by atoms with Gasteiger partial charge in [-0.1, -0.05) is 17.3 Å². The highest BCUT2D eigenvalue weighted by molar-refractivity contribution is 7.89. The fourth-order valence-corrected chi connectivity index (χ4v) is 4.54. The Morgan fingerprint density at radius 1 is 1.22 bits per heavy atom. The molecular weight excluding hydrogens is 366 g/mol. The molecule has 2 heterocycles. The molecule has 1 aromatic carbocycles. The van der Waals surface area contributed by atoms with E-state index in [1.165, 1.54) is 0 Å². The SMILES string of the molecule is Cc1cc(-c2ccc(C)c(S(=O)(=O)NCC[C@H](C)N3CCOCC3)c2)on1. The van der Waals surface area contributed by atoms with Crippen LogP contribution in [0.2, 0.25) is 0 Å². The molecule has 1 saturated heterocycles. The maximum Gasteiger partial charge on any atom is 0.240 e. The van der Waals surface area contributed by atoms with Crippen LogP contribution in [-0.4, -0.2) is 57.4 Å². The lowest BCUT2D eigenvalue weighted by atomic mass is 10.1. The minimum atomic E-state index is -3.60. The van der Waals surface area contributed by atoms with Crippen molar-refractivity contribution in [1.82, 2.24) is 14.8 Å². The normalized spacial score (nSPS) is 17.1. The number of sulfonamides is 1. The predicted octanol–water partition coefficient (Wildman–Crippen LogP) is 2.35. The maximum absolute atomic E-state index is 12.8. The number of aryl methyl sites for hydroxylation is 2. The van der Waals surface area contributed by atoms with Crippen molar-refractivity contribution in [2.24, 2.45) is 0 Å². The molecule has 1 atom stereocenters. The van der Waals surface area contributed by atoms with Crippen LogP contribution in [0.3, 0.4) is 0 Å². The molecule has 1 aromatic heterocycles. The van der Waals surface area contributed by atoms with Crippen LogP contribution in [0.25, 0.3) is 11.3 Å². The summed E-state index contributed by atoms with van der Waals surface area (Å²) in [5.41, 5.74) is 2.15. The molecule has 1 aliphatic heterocycles. The van der Waals surface area contributed by atoms with Gasteiger partial charge in [-0.25, -0.2) is 13.1 Å². The van der Waals surface area contributed by atoms with Crippen molar-refractivity contribution in [3.8, 4) is 11.3 Å². The summed E-state index contributed by atoms with van der Waals surface area (Å²) < 4.78 is 39.0. The Balaban J connectivity index is 1.67. The van der Waals surface area contributed by atoms with Crippen LogP contribution < -0.4 is 4.72 Å². The summed E-state index contributed by atoms with van der Waals surface area (Å²) in [7, 11) is -3.60. The van der Waals surface area contributed by atoms with Crippen LogP contribution in [0.4, 0.5) is 0 Å². The van der Waals surface area contributed by atoms with Crippen LogP contribution in [0.1, 0.15) is 24.6 Å². The Morgan fingerprint density at radius 2 is 1.96 bits per heavy atom. The topological polar surface area (TPSA) is 84.7 Å². The largest absolute Gasteiger partial charge is 0.379 e. The minimum Gasteiger partial charge on any atom is -0.379 e. The Morgan fingerprint density at radius 3 is 2.63 bits per heavy atom. The van der Waals surface area contributed by atoms with E-state index in [4.69, 9.17) is 9.26 Å². The molecule has 1 fully saturated rings. The molecule has 0 spiro atoms.